The van der Waals surface area contributed by atoms with Gasteiger partial charge in [-0.25, -0.2) is 9.59 Å². The standard InChI is InChI=1S/C24H26N2O6/c1-3-31-24(29)26-20-12-8-7-11-18(20)19-13-17(14-21(27)30-2)25(22(19)26)23(28)32-15-16-9-5-4-6-10-16/h4-12,17,19,22H,3,13-15H2,1-2H3/t17-,19+,22-/m0/s1. The molecule has 0 saturated carbocycles. The van der Waals surface area contributed by atoms with Crippen LogP contribution < -0.4 is 4.90 Å². The molecule has 0 radical (unpaired) electrons. The van der Waals surface area contributed by atoms with E-state index < -0.39 is 30.4 Å². The Balaban J connectivity index is 1.66. The first-order valence-corrected chi connectivity index (χ1v) is 10.7. The maximum absolute atomic E-state index is 13.3. The van der Waals surface area contributed by atoms with Gasteiger partial charge in [0.25, 0.3) is 0 Å². The zero-order chi connectivity index (χ0) is 22.7. The molecule has 1 saturated heterocycles. The number of carbonyl (C=O) groups is 3. The molecule has 0 spiro atoms. The van der Waals surface area contributed by atoms with Gasteiger partial charge in [0.2, 0.25) is 0 Å². The fourth-order valence-corrected chi connectivity index (χ4v) is 4.60. The van der Waals surface area contributed by atoms with E-state index in [0.717, 1.165) is 11.1 Å². The SMILES string of the molecule is CCOC(=O)N1c2ccccc2[C@H]2C[C@@H](CC(=O)OC)N(C(=O)OCc3ccccc3)[C@H]21. The van der Waals surface area contributed by atoms with Gasteiger partial charge in [0.15, 0.2) is 0 Å². The second-order valence-corrected chi connectivity index (χ2v) is 7.77. The lowest BCUT2D eigenvalue weighted by Crippen LogP contribution is -2.52. The number of rotatable bonds is 5. The quantitative estimate of drug-likeness (QED) is 0.517. The summed E-state index contributed by atoms with van der Waals surface area (Å²) >= 11 is 0. The van der Waals surface area contributed by atoms with E-state index in [0.29, 0.717) is 12.1 Å². The molecule has 168 valence electrons. The predicted octanol–water partition coefficient (Wildman–Crippen LogP) is 4.05. The highest BCUT2D eigenvalue weighted by Gasteiger charge is 2.55. The van der Waals surface area contributed by atoms with Gasteiger partial charge < -0.3 is 14.2 Å². The molecule has 8 nitrogen and oxygen atoms in total. The van der Waals surface area contributed by atoms with Crippen LogP contribution in [0.5, 0.6) is 0 Å². The summed E-state index contributed by atoms with van der Waals surface area (Å²) in [7, 11) is 1.32. The second kappa shape index (κ2) is 9.30. The number of para-hydroxylation sites is 1. The Kier molecular flexibility index (Phi) is 6.30. The number of methoxy groups -OCH3 is 1. The number of likely N-dealkylation sites (tertiary alicyclic amines) is 1. The van der Waals surface area contributed by atoms with Crippen LogP contribution >= 0.6 is 0 Å². The third kappa shape index (κ3) is 4.00. The van der Waals surface area contributed by atoms with E-state index in [1.54, 1.807) is 6.92 Å². The maximum Gasteiger partial charge on any atom is 0.416 e. The summed E-state index contributed by atoms with van der Waals surface area (Å²) in [5, 5.41) is 0. The average Bonchev–Trinajstić information content (AvgIpc) is 3.32. The molecule has 2 aromatic carbocycles. The van der Waals surface area contributed by atoms with Crippen molar-refractivity contribution >= 4 is 23.8 Å². The summed E-state index contributed by atoms with van der Waals surface area (Å²) in [5.74, 6) is -0.582. The molecule has 32 heavy (non-hydrogen) atoms. The van der Waals surface area contributed by atoms with E-state index in [9.17, 15) is 14.4 Å². The summed E-state index contributed by atoms with van der Waals surface area (Å²) in [5.41, 5.74) is 2.50. The lowest BCUT2D eigenvalue weighted by atomic mass is 9.95. The number of nitrogens with zero attached hydrogens (tertiary/aromatic N) is 2. The average molecular weight is 438 g/mol. The first kappa shape index (κ1) is 21.7. The summed E-state index contributed by atoms with van der Waals surface area (Å²) in [6, 6.07) is 16.4. The number of amides is 2. The number of fused-ring (bicyclic) bond motifs is 3. The summed E-state index contributed by atoms with van der Waals surface area (Å²) in [4.78, 5) is 41.3. The van der Waals surface area contributed by atoms with Gasteiger partial charge in [0, 0.05) is 12.0 Å². The lowest BCUT2D eigenvalue weighted by molar-refractivity contribution is -0.141. The highest BCUT2D eigenvalue weighted by atomic mass is 16.6. The van der Waals surface area contributed by atoms with Crippen molar-refractivity contribution < 1.29 is 28.6 Å². The molecule has 0 aromatic heterocycles. The van der Waals surface area contributed by atoms with E-state index in [1.165, 1.54) is 16.9 Å². The van der Waals surface area contributed by atoms with Crippen LogP contribution in [0.4, 0.5) is 15.3 Å². The van der Waals surface area contributed by atoms with Crippen molar-refractivity contribution in [2.24, 2.45) is 0 Å². The van der Waals surface area contributed by atoms with Gasteiger partial charge in [0.1, 0.15) is 12.8 Å². The highest BCUT2D eigenvalue weighted by molar-refractivity contribution is 5.93. The van der Waals surface area contributed by atoms with Crippen molar-refractivity contribution in [2.75, 3.05) is 18.6 Å². The van der Waals surface area contributed by atoms with E-state index in [2.05, 4.69) is 0 Å². The van der Waals surface area contributed by atoms with Gasteiger partial charge >= 0.3 is 18.2 Å². The summed E-state index contributed by atoms with van der Waals surface area (Å²) < 4.78 is 15.8. The first-order chi connectivity index (χ1) is 15.5. The van der Waals surface area contributed by atoms with E-state index in [4.69, 9.17) is 14.2 Å². The largest absolute Gasteiger partial charge is 0.469 e. The Labute approximate surface area is 186 Å². The van der Waals surface area contributed by atoms with Crippen LogP contribution in [0.3, 0.4) is 0 Å². The van der Waals surface area contributed by atoms with Gasteiger partial charge in [-0.1, -0.05) is 48.5 Å². The predicted molar refractivity (Wildman–Crippen MR) is 116 cm³/mol. The van der Waals surface area contributed by atoms with Gasteiger partial charge in [-0.05, 0) is 30.5 Å². The number of carbonyl (C=O) groups excluding carboxylic acids is 3. The van der Waals surface area contributed by atoms with E-state index >= 15 is 0 Å². The van der Waals surface area contributed by atoms with Crippen LogP contribution in [0.25, 0.3) is 0 Å². The minimum atomic E-state index is -0.635. The van der Waals surface area contributed by atoms with Gasteiger partial charge in [0.05, 0.1) is 25.8 Å². The molecule has 2 aliphatic heterocycles. The zero-order valence-electron chi connectivity index (χ0n) is 18.1. The Morgan fingerprint density at radius 2 is 1.69 bits per heavy atom. The third-order valence-electron chi connectivity index (χ3n) is 5.94. The molecule has 3 atom stereocenters. The minimum Gasteiger partial charge on any atom is -0.469 e. The Morgan fingerprint density at radius 3 is 2.41 bits per heavy atom. The molecule has 0 N–H and O–H groups in total. The van der Waals surface area contributed by atoms with Crippen molar-refractivity contribution in [1.29, 1.82) is 0 Å². The molecule has 2 aromatic rings. The number of hydrogen-bond donors (Lipinski definition) is 0. The number of benzene rings is 2. The molecule has 4 rings (SSSR count). The Hall–Kier alpha value is -3.55. The zero-order valence-corrected chi connectivity index (χ0v) is 18.1. The van der Waals surface area contributed by atoms with Crippen LogP contribution in [0.1, 0.15) is 36.8 Å². The summed E-state index contributed by atoms with van der Waals surface area (Å²) in [6.45, 7) is 2.03. The molecule has 0 aliphatic carbocycles. The lowest BCUT2D eigenvalue weighted by Gasteiger charge is -2.34. The molecule has 2 amide bonds. The maximum atomic E-state index is 13.3. The van der Waals surface area contributed by atoms with Crippen molar-refractivity contribution in [3.63, 3.8) is 0 Å². The molecule has 0 unspecified atom stereocenters. The van der Waals surface area contributed by atoms with Crippen LogP contribution in [0, 0.1) is 0 Å². The first-order valence-electron chi connectivity index (χ1n) is 10.7. The van der Waals surface area contributed by atoms with Gasteiger partial charge in [-0.3, -0.25) is 14.6 Å². The molecule has 1 fully saturated rings. The number of hydrogen-bond acceptors (Lipinski definition) is 6. The summed E-state index contributed by atoms with van der Waals surface area (Å²) in [6.07, 6.45) is -1.23. The fourth-order valence-electron chi connectivity index (χ4n) is 4.60. The molecule has 2 aliphatic rings. The van der Waals surface area contributed by atoms with Crippen LogP contribution in [-0.4, -0.2) is 49.0 Å². The third-order valence-corrected chi connectivity index (χ3v) is 5.94. The Bertz CT molecular complexity index is 995. The molecule has 8 heteroatoms. The highest BCUT2D eigenvalue weighted by Crippen LogP contribution is 2.50. The molecule has 2 heterocycles. The monoisotopic (exact) mass is 438 g/mol. The van der Waals surface area contributed by atoms with Crippen molar-refractivity contribution in [3.8, 4) is 0 Å². The van der Waals surface area contributed by atoms with E-state index in [-0.39, 0.29) is 25.6 Å². The van der Waals surface area contributed by atoms with Crippen LogP contribution in [0.15, 0.2) is 54.6 Å². The Morgan fingerprint density at radius 1 is 0.969 bits per heavy atom. The van der Waals surface area contributed by atoms with Crippen molar-refractivity contribution in [3.05, 3.63) is 65.7 Å². The number of ether oxygens (including phenoxy) is 3. The van der Waals surface area contributed by atoms with Gasteiger partial charge in [-0.15, -0.1) is 0 Å². The topological polar surface area (TPSA) is 85.4 Å². The van der Waals surface area contributed by atoms with Gasteiger partial charge in [-0.2, -0.15) is 0 Å². The smallest absolute Gasteiger partial charge is 0.416 e. The van der Waals surface area contributed by atoms with Crippen molar-refractivity contribution in [2.45, 2.75) is 44.5 Å². The van der Waals surface area contributed by atoms with Crippen molar-refractivity contribution in [1.82, 2.24) is 4.90 Å². The molecule has 0 bridgehead atoms. The minimum absolute atomic E-state index is 0.0166. The van der Waals surface area contributed by atoms with E-state index in [1.807, 2.05) is 54.6 Å². The second-order valence-electron chi connectivity index (χ2n) is 7.77. The van der Waals surface area contributed by atoms with Crippen LogP contribution in [-0.2, 0) is 25.6 Å². The fraction of sp³-hybridized carbons (Fsp3) is 0.375. The normalized spacial score (nSPS) is 21.0. The molecular formula is C24H26N2O6. The number of esters is 1. The number of anilines is 1. The van der Waals surface area contributed by atoms with Crippen LogP contribution in [0.2, 0.25) is 0 Å². The molecular weight excluding hydrogens is 412 g/mol.